The first-order valence-electron chi connectivity index (χ1n) is 4.52. The Balaban J connectivity index is 2.67. The van der Waals surface area contributed by atoms with Gasteiger partial charge in [-0.05, 0) is 24.3 Å². The molecule has 1 unspecified atom stereocenters. The van der Waals surface area contributed by atoms with Crippen LogP contribution in [0.1, 0.15) is 0 Å². The minimum atomic E-state index is -2.37. The van der Waals surface area contributed by atoms with Gasteiger partial charge in [0.15, 0.2) is 0 Å². The van der Waals surface area contributed by atoms with Crippen LogP contribution >= 0.6 is 11.6 Å². The highest BCUT2D eigenvalue weighted by atomic mass is 35.5. The Kier molecular flexibility index (Phi) is 5.36. The van der Waals surface area contributed by atoms with Crippen molar-refractivity contribution in [2.24, 2.45) is 0 Å². The summed E-state index contributed by atoms with van der Waals surface area (Å²) in [6.07, 6.45) is 0. The predicted molar refractivity (Wildman–Crippen MR) is 66.1 cm³/mol. The van der Waals surface area contributed by atoms with Crippen molar-refractivity contribution >= 4 is 40.2 Å². The van der Waals surface area contributed by atoms with E-state index in [2.05, 4.69) is 9.60 Å². The molecule has 2 N–H and O–H groups in total. The summed E-state index contributed by atoms with van der Waals surface area (Å²) >= 11 is 2.97. The lowest BCUT2D eigenvalue weighted by Gasteiger charge is -2.15. The van der Waals surface area contributed by atoms with E-state index < -0.39 is 11.4 Å². The molecule has 0 saturated heterocycles. The number of amides is 1. The fourth-order valence-electron chi connectivity index (χ4n) is 1.09. The zero-order chi connectivity index (χ0) is 12.8. The summed E-state index contributed by atoms with van der Waals surface area (Å²) in [5.74, 6) is -0.422. The van der Waals surface area contributed by atoms with Crippen LogP contribution in [0.4, 0.5) is 11.4 Å². The first-order chi connectivity index (χ1) is 8.02. The number of nitrogens with zero attached hydrogens (tertiary/aromatic N) is 1. The summed E-state index contributed by atoms with van der Waals surface area (Å²) in [6.45, 7) is 0. The Bertz CT molecular complexity index is 412. The topological polar surface area (TPSA) is 78.9 Å². The van der Waals surface area contributed by atoms with Crippen molar-refractivity contribution in [3.63, 3.8) is 0 Å². The van der Waals surface area contributed by atoms with E-state index in [4.69, 9.17) is 16.2 Å². The molecule has 6 nitrogen and oxygen atoms in total. The van der Waals surface area contributed by atoms with E-state index in [1.54, 1.807) is 24.3 Å². The number of carbonyl (C=O) groups excluding carboxylic acids is 1. The molecule has 1 amide bonds. The summed E-state index contributed by atoms with van der Waals surface area (Å²) in [4.78, 5) is 11.0. The van der Waals surface area contributed by atoms with Crippen LogP contribution in [-0.4, -0.2) is 27.6 Å². The van der Waals surface area contributed by atoms with Gasteiger partial charge in [-0.2, -0.15) is 4.21 Å². The van der Waals surface area contributed by atoms with Crippen molar-refractivity contribution < 1.29 is 17.8 Å². The lowest BCUT2D eigenvalue weighted by molar-refractivity contribution is -0.113. The third-order valence-corrected chi connectivity index (χ3v) is 2.41. The molecule has 17 heavy (non-hydrogen) atoms. The molecule has 0 aromatic heterocycles. The fourth-order valence-corrected chi connectivity index (χ4v) is 1.43. The zero-order valence-corrected chi connectivity index (χ0v) is 10.5. The van der Waals surface area contributed by atoms with E-state index in [0.717, 1.165) is 5.06 Å². The highest BCUT2D eigenvalue weighted by Crippen LogP contribution is 2.17. The van der Waals surface area contributed by atoms with Crippen molar-refractivity contribution in [2.75, 3.05) is 23.3 Å². The highest BCUT2D eigenvalue weighted by Gasteiger charge is 2.05. The summed E-state index contributed by atoms with van der Waals surface area (Å²) in [6, 6.07) is 6.49. The van der Waals surface area contributed by atoms with Crippen molar-refractivity contribution in [1.82, 2.24) is 0 Å². The lowest BCUT2D eigenvalue weighted by atomic mass is 10.3. The van der Waals surface area contributed by atoms with E-state index in [1.807, 2.05) is 0 Å². The van der Waals surface area contributed by atoms with Gasteiger partial charge in [0.05, 0.1) is 5.69 Å². The second-order valence-electron chi connectivity index (χ2n) is 3.02. The first-order valence-corrected chi connectivity index (χ1v) is 6.08. The molecule has 94 valence electrons. The second-order valence-corrected chi connectivity index (χ2v) is 3.87. The number of benzene rings is 1. The number of carbonyl (C=O) groups is 1. The van der Waals surface area contributed by atoms with Crippen LogP contribution in [0.25, 0.3) is 0 Å². The number of nitrogens with one attached hydrogen (secondary N) is 1. The molecule has 0 aliphatic carbocycles. The molecule has 1 rings (SSSR count). The quantitative estimate of drug-likeness (QED) is 0.483. The van der Waals surface area contributed by atoms with Gasteiger partial charge in [-0.3, -0.25) is 9.35 Å². The predicted octanol–water partition coefficient (Wildman–Crippen LogP) is 1.37. The number of rotatable bonds is 5. The van der Waals surface area contributed by atoms with Crippen LogP contribution in [0.2, 0.25) is 0 Å². The molecule has 1 aromatic rings. The summed E-state index contributed by atoms with van der Waals surface area (Å²) < 4.78 is 23.5. The van der Waals surface area contributed by atoms with Crippen LogP contribution in [0.5, 0.6) is 0 Å². The summed E-state index contributed by atoms with van der Waals surface area (Å²) in [5, 5.41) is 3.70. The van der Waals surface area contributed by atoms with Gasteiger partial charge in [-0.1, -0.05) is 0 Å². The number of hydrogen-bond donors (Lipinski definition) is 2. The molecule has 0 bridgehead atoms. The normalized spacial score (nSPS) is 11.9. The molecule has 0 aliphatic heterocycles. The van der Waals surface area contributed by atoms with Gasteiger partial charge >= 0.3 is 11.4 Å². The van der Waals surface area contributed by atoms with Gasteiger partial charge in [0.1, 0.15) is 5.88 Å². The van der Waals surface area contributed by atoms with Crippen LogP contribution in [0.15, 0.2) is 24.3 Å². The first kappa shape index (κ1) is 13.9. The van der Waals surface area contributed by atoms with Gasteiger partial charge in [0.25, 0.3) is 0 Å². The fraction of sp³-hybridized carbons (Fsp3) is 0.222. The maximum atomic E-state index is 11.0. The van der Waals surface area contributed by atoms with Gasteiger partial charge in [0, 0.05) is 12.7 Å². The molecule has 1 atom stereocenters. The summed E-state index contributed by atoms with van der Waals surface area (Å²) in [7, 11) is 1.49. The molecule has 0 fully saturated rings. The van der Waals surface area contributed by atoms with Crippen LogP contribution in [-0.2, 0) is 20.4 Å². The number of hydroxylamine groups is 1. The van der Waals surface area contributed by atoms with Crippen molar-refractivity contribution in [2.45, 2.75) is 0 Å². The molecule has 1 aromatic carbocycles. The molecule has 8 heteroatoms. The minimum Gasteiger partial charge on any atom is -0.325 e. The highest BCUT2D eigenvalue weighted by molar-refractivity contribution is 7.74. The molecule has 0 radical (unpaired) electrons. The van der Waals surface area contributed by atoms with Crippen LogP contribution in [0, 0.1) is 0 Å². The van der Waals surface area contributed by atoms with E-state index in [-0.39, 0.29) is 11.8 Å². The number of halogens is 1. The van der Waals surface area contributed by atoms with E-state index in [0.29, 0.717) is 11.4 Å². The third-order valence-electron chi connectivity index (χ3n) is 1.81. The van der Waals surface area contributed by atoms with Crippen molar-refractivity contribution in [3.05, 3.63) is 24.3 Å². The number of alkyl halides is 1. The van der Waals surface area contributed by atoms with Gasteiger partial charge in [-0.15, -0.1) is 15.9 Å². The Hall–Kier alpha value is -1.15. The largest absolute Gasteiger partial charge is 0.325 e. The molecule has 0 spiro atoms. The second kappa shape index (κ2) is 6.55. The number of hydrogen-bond acceptors (Lipinski definition) is 4. The smallest absolute Gasteiger partial charge is 0.325 e. The maximum Gasteiger partial charge on any atom is 0.325 e. The zero-order valence-electron chi connectivity index (χ0n) is 8.92. The standard InChI is InChI=1S/C9H11ClN2O4S/c1-12(16-17(14)15)8-4-2-7(3-5-8)11-9(13)6-10/h2-5H,6H2,1H3,(H,11,13)(H,14,15). The minimum absolute atomic E-state index is 0.117. The van der Waals surface area contributed by atoms with E-state index in [9.17, 15) is 9.00 Å². The monoisotopic (exact) mass is 278 g/mol. The molecule has 0 heterocycles. The Morgan fingerprint density at radius 1 is 1.53 bits per heavy atom. The van der Waals surface area contributed by atoms with Crippen molar-refractivity contribution in [1.29, 1.82) is 0 Å². The van der Waals surface area contributed by atoms with E-state index in [1.165, 1.54) is 7.05 Å². The van der Waals surface area contributed by atoms with Crippen LogP contribution in [0.3, 0.4) is 0 Å². The molecular weight excluding hydrogens is 268 g/mol. The van der Waals surface area contributed by atoms with Crippen LogP contribution < -0.4 is 10.4 Å². The van der Waals surface area contributed by atoms with Gasteiger partial charge in [0.2, 0.25) is 5.91 Å². The lowest BCUT2D eigenvalue weighted by Crippen LogP contribution is -2.19. The SMILES string of the molecule is CN(OS(=O)O)c1ccc(NC(=O)CCl)cc1. The Morgan fingerprint density at radius 2 is 2.12 bits per heavy atom. The molecular formula is C9H11ClN2O4S. The van der Waals surface area contributed by atoms with E-state index >= 15 is 0 Å². The van der Waals surface area contributed by atoms with Gasteiger partial charge < -0.3 is 5.32 Å². The summed E-state index contributed by atoms with van der Waals surface area (Å²) in [5.41, 5.74) is 1.15. The Morgan fingerprint density at radius 3 is 2.59 bits per heavy atom. The van der Waals surface area contributed by atoms with Gasteiger partial charge in [-0.25, -0.2) is 5.06 Å². The van der Waals surface area contributed by atoms with Crippen molar-refractivity contribution in [3.8, 4) is 0 Å². The third kappa shape index (κ3) is 4.70. The average molecular weight is 279 g/mol. The molecule has 0 aliphatic rings. The molecule has 0 saturated carbocycles. The Labute approximate surface area is 106 Å². The average Bonchev–Trinajstić information content (AvgIpc) is 2.28. The maximum absolute atomic E-state index is 11.0. The number of anilines is 2.